The Morgan fingerprint density at radius 2 is 2.05 bits per heavy atom. The predicted octanol–water partition coefficient (Wildman–Crippen LogP) is 1.30. The second kappa shape index (κ2) is 6.15. The molecule has 0 bridgehead atoms. The van der Waals surface area contributed by atoms with Gasteiger partial charge in [-0.3, -0.25) is 9.69 Å². The SMILES string of the molecule is COC(=O)CN1CCN(c2cc(Cl)nc(C3CC3)n2)CC1. The molecule has 6 nitrogen and oxygen atoms in total. The number of carbonyl (C=O) groups is 1. The lowest BCUT2D eigenvalue weighted by atomic mass is 10.3. The number of rotatable bonds is 4. The number of anilines is 1. The molecule has 1 aromatic rings. The summed E-state index contributed by atoms with van der Waals surface area (Å²) in [7, 11) is 1.42. The molecule has 7 heteroatoms. The first-order valence-corrected chi connectivity index (χ1v) is 7.62. The number of carbonyl (C=O) groups excluding carboxylic acids is 1. The molecule has 0 amide bonds. The van der Waals surface area contributed by atoms with Crippen molar-refractivity contribution in [1.29, 1.82) is 0 Å². The van der Waals surface area contributed by atoms with Gasteiger partial charge in [-0.2, -0.15) is 0 Å². The van der Waals surface area contributed by atoms with Crippen molar-refractivity contribution in [2.75, 3.05) is 44.7 Å². The Labute approximate surface area is 129 Å². The number of esters is 1. The summed E-state index contributed by atoms with van der Waals surface area (Å²) >= 11 is 6.11. The van der Waals surface area contributed by atoms with E-state index in [2.05, 4.69) is 19.8 Å². The Bertz CT molecular complexity index is 528. The Morgan fingerprint density at radius 3 is 2.67 bits per heavy atom. The average molecular weight is 311 g/mol. The third-order valence-corrected chi connectivity index (χ3v) is 4.11. The fraction of sp³-hybridized carbons (Fsp3) is 0.643. The second-order valence-electron chi connectivity index (χ2n) is 5.52. The molecule has 1 saturated carbocycles. The van der Waals surface area contributed by atoms with E-state index in [0.717, 1.165) is 50.7 Å². The van der Waals surface area contributed by atoms with Gasteiger partial charge in [0.15, 0.2) is 0 Å². The normalized spacial score (nSPS) is 19.6. The molecule has 3 rings (SSSR count). The Kier molecular flexibility index (Phi) is 4.26. The maximum atomic E-state index is 11.3. The van der Waals surface area contributed by atoms with Gasteiger partial charge >= 0.3 is 5.97 Å². The topological polar surface area (TPSA) is 58.6 Å². The van der Waals surface area contributed by atoms with E-state index in [4.69, 9.17) is 16.3 Å². The molecule has 0 aromatic carbocycles. The van der Waals surface area contributed by atoms with Gasteiger partial charge in [0.2, 0.25) is 0 Å². The Morgan fingerprint density at radius 1 is 1.33 bits per heavy atom. The van der Waals surface area contributed by atoms with E-state index in [9.17, 15) is 4.79 Å². The molecule has 2 heterocycles. The largest absolute Gasteiger partial charge is 0.468 e. The van der Waals surface area contributed by atoms with Gasteiger partial charge in [-0.25, -0.2) is 9.97 Å². The lowest BCUT2D eigenvalue weighted by Gasteiger charge is -2.34. The van der Waals surface area contributed by atoms with Crippen LogP contribution in [0.5, 0.6) is 0 Å². The molecule has 1 aliphatic carbocycles. The zero-order valence-electron chi connectivity index (χ0n) is 12.1. The molecule has 0 N–H and O–H groups in total. The Hall–Kier alpha value is -1.40. The number of halogens is 1. The van der Waals surface area contributed by atoms with Crippen LogP contribution in [0.15, 0.2) is 6.07 Å². The van der Waals surface area contributed by atoms with E-state index in [1.165, 1.54) is 7.11 Å². The van der Waals surface area contributed by atoms with Crippen molar-refractivity contribution >= 4 is 23.4 Å². The molecule has 1 aliphatic heterocycles. The third-order valence-electron chi connectivity index (χ3n) is 3.92. The van der Waals surface area contributed by atoms with Crippen molar-refractivity contribution in [2.45, 2.75) is 18.8 Å². The molecule has 1 aromatic heterocycles. The fourth-order valence-electron chi connectivity index (χ4n) is 2.49. The van der Waals surface area contributed by atoms with Crippen LogP contribution in [0.4, 0.5) is 5.82 Å². The summed E-state index contributed by atoms with van der Waals surface area (Å²) in [6.45, 7) is 3.63. The molecule has 0 spiro atoms. The summed E-state index contributed by atoms with van der Waals surface area (Å²) < 4.78 is 4.70. The van der Waals surface area contributed by atoms with Crippen molar-refractivity contribution in [3.05, 3.63) is 17.0 Å². The number of aromatic nitrogens is 2. The van der Waals surface area contributed by atoms with Crippen molar-refractivity contribution in [1.82, 2.24) is 14.9 Å². The van der Waals surface area contributed by atoms with E-state index in [-0.39, 0.29) is 5.97 Å². The van der Waals surface area contributed by atoms with Gasteiger partial charge in [-0.05, 0) is 12.8 Å². The van der Waals surface area contributed by atoms with E-state index in [1.54, 1.807) is 0 Å². The molecular weight excluding hydrogens is 292 g/mol. The molecule has 114 valence electrons. The molecular formula is C14H19ClN4O2. The molecule has 0 atom stereocenters. The smallest absolute Gasteiger partial charge is 0.319 e. The van der Waals surface area contributed by atoms with Gasteiger partial charge in [-0.1, -0.05) is 11.6 Å². The van der Waals surface area contributed by atoms with Gasteiger partial charge in [-0.15, -0.1) is 0 Å². The highest BCUT2D eigenvalue weighted by molar-refractivity contribution is 6.29. The van der Waals surface area contributed by atoms with Crippen molar-refractivity contribution < 1.29 is 9.53 Å². The fourth-order valence-corrected chi connectivity index (χ4v) is 2.68. The first-order valence-electron chi connectivity index (χ1n) is 7.24. The molecule has 2 fully saturated rings. The van der Waals surface area contributed by atoms with Gasteiger partial charge in [0, 0.05) is 38.2 Å². The zero-order valence-corrected chi connectivity index (χ0v) is 12.8. The summed E-state index contributed by atoms with van der Waals surface area (Å²) in [5, 5.41) is 0.513. The van der Waals surface area contributed by atoms with Crippen LogP contribution in [0.1, 0.15) is 24.6 Å². The summed E-state index contributed by atoms with van der Waals surface area (Å²) in [6.07, 6.45) is 2.32. The standard InChI is InChI=1S/C14H19ClN4O2/c1-21-13(20)9-18-4-6-19(7-5-18)12-8-11(15)16-14(17-12)10-2-3-10/h8,10H,2-7,9H2,1H3. The molecule has 0 unspecified atom stereocenters. The summed E-state index contributed by atoms with van der Waals surface area (Å²) in [5.74, 6) is 2.07. The molecule has 0 radical (unpaired) electrons. The summed E-state index contributed by atoms with van der Waals surface area (Å²) in [6, 6.07) is 1.82. The van der Waals surface area contributed by atoms with E-state index < -0.39 is 0 Å². The van der Waals surface area contributed by atoms with Crippen LogP contribution in [-0.2, 0) is 9.53 Å². The summed E-state index contributed by atoms with van der Waals surface area (Å²) in [4.78, 5) is 24.5. The zero-order chi connectivity index (χ0) is 14.8. The lowest BCUT2D eigenvalue weighted by Crippen LogP contribution is -2.48. The summed E-state index contributed by atoms with van der Waals surface area (Å²) in [5.41, 5.74) is 0. The molecule has 1 saturated heterocycles. The van der Waals surface area contributed by atoms with Gasteiger partial charge < -0.3 is 9.64 Å². The number of hydrogen-bond acceptors (Lipinski definition) is 6. The quantitative estimate of drug-likeness (QED) is 0.617. The van der Waals surface area contributed by atoms with E-state index in [1.807, 2.05) is 6.07 Å². The first kappa shape index (κ1) is 14.5. The van der Waals surface area contributed by atoms with Gasteiger partial charge in [0.1, 0.15) is 16.8 Å². The van der Waals surface area contributed by atoms with Crippen LogP contribution in [0.3, 0.4) is 0 Å². The third kappa shape index (κ3) is 3.63. The van der Waals surface area contributed by atoms with Crippen LogP contribution >= 0.6 is 11.6 Å². The van der Waals surface area contributed by atoms with Crippen LogP contribution in [0.2, 0.25) is 5.15 Å². The minimum absolute atomic E-state index is 0.190. The van der Waals surface area contributed by atoms with Crippen molar-refractivity contribution in [3.8, 4) is 0 Å². The number of methoxy groups -OCH3 is 1. The second-order valence-corrected chi connectivity index (χ2v) is 5.91. The van der Waals surface area contributed by atoms with Crippen LogP contribution in [-0.4, -0.2) is 60.7 Å². The van der Waals surface area contributed by atoms with Crippen molar-refractivity contribution in [3.63, 3.8) is 0 Å². The number of hydrogen-bond donors (Lipinski definition) is 0. The number of piperazine rings is 1. The van der Waals surface area contributed by atoms with Crippen LogP contribution in [0.25, 0.3) is 0 Å². The number of nitrogens with zero attached hydrogens (tertiary/aromatic N) is 4. The average Bonchev–Trinajstić information content (AvgIpc) is 3.32. The van der Waals surface area contributed by atoms with E-state index >= 15 is 0 Å². The Balaban J connectivity index is 1.62. The first-order chi connectivity index (χ1) is 10.2. The monoisotopic (exact) mass is 310 g/mol. The van der Waals surface area contributed by atoms with Crippen LogP contribution in [0, 0.1) is 0 Å². The van der Waals surface area contributed by atoms with E-state index in [0.29, 0.717) is 17.6 Å². The highest BCUT2D eigenvalue weighted by Crippen LogP contribution is 2.39. The molecule has 2 aliphatic rings. The lowest BCUT2D eigenvalue weighted by molar-refractivity contribution is -0.142. The van der Waals surface area contributed by atoms with Gasteiger partial charge in [0.25, 0.3) is 0 Å². The highest BCUT2D eigenvalue weighted by atomic mass is 35.5. The maximum Gasteiger partial charge on any atom is 0.319 e. The molecule has 21 heavy (non-hydrogen) atoms. The number of ether oxygens (including phenoxy) is 1. The predicted molar refractivity (Wildman–Crippen MR) is 79.7 cm³/mol. The van der Waals surface area contributed by atoms with Gasteiger partial charge in [0.05, 0.1) is 13.7 Å². The van der Waals surface area contributed by atoms with Crippen LogP contribution < -0.4 is 4.90 Å². The minimum Gasteiger partial charge on any atom is -0.468 e. The highest BCUT2D eigenvalue weighted by Gasteiger charge is 2.28. The minimum atomic E-state index is -0.190. The van der Waals surface area contributed by atoms with Crippen molar-refractivity contribution in [2.24, 2.45) is 0 Å². The maximum absolute atomic E-state index is 11.3.